The highest BCUT2D eigenvalue weighted by atomic mass is 32.1. The van der Waals surface area contributed by atoms with Crippen LogP contribution in [0.2, 0.25) is 0 Å². The smallest absolute Gasteiger partial charge is 0.220 e. The predicted octanol–water partition coefficient (Wildman–Crippen LogP) is 2.11. The number of aromatic nitrogens is 2. The zero-order chi connectivity index (χ0) is 14.4. The van der Waals surface area contributed by atoms with Gasteiger partial charge in [0, 0.05) is 37.8 Å². The first kappa shape index (κ1) is 14.5. The Hall–Kier alpha value is -1.95. The molecule has 0 aliphatic rings. The fourth-order valence-corrected chi connectivity index (χ4v) is 2.59. The van der Waals surface area contributed by atoms with Gasteiger partial charge in [-0.15, -0.1) is 11.3 Å². The number of imidazole rings is 1. The van der Waals surface area contributed by atoms with E-state index in [4.69, 9.17) is 0 Å². The van der Waals surface area contributed by atoms with E-state index in [2.05, 4.69) is 10.3 Å². The number of carbonyl (C=O) groups excluding carboxylic acids is 2. The van der Waals surface area contributed by atoms with E-state index in [-0.39, 0.29) is 30.6 Å². The van der Waals surface area contributed by atoms with Crippen molar-refractivity contribution in [1.82, 2.24) is 14.9 Å². The van der Waals surface area contributed by atoms with Crippen LogP contribution in [0.25, 0.3) is 0 Å². The van der Waals surface area contributed by atoms with E-state index in [0.29, 0.717) is 11.4 Å². The molecule has 2 aromatic heterocycles. The summed E-state index contributed by atoms with van der Waals surface area (Å²) in [5.41, 5.74) is 0. The van der Waals surface area contributed by atoms with Crippen LogP contribution in [-0.2, 0) is 11.3 Å². The molecule has 0 fully saturated rings. The molecule has 0 saturated carbocycles. The first-order valence-electron chi connectivity index (χ1n) is 6.47. The molecule has 5 nitrogen and oxygen atoms in total. The van der Waals surface area contributed by atoms with E-state index in [1.54, 1.807) is 18.6 Å². The number of amides is 1. The van der Waals surface area contributed by atoms with Gasteiger partial charge in [-0.1, -0.05) is 6.07 Å². The van der Waals surface area contributed by atoms with Crippen molar-refractivity contribution in [2.45, 2.75) is 32.4 Å². The van der Waals surface area contributed by atoms with Crippen LogP contribution in [-0.4, -0.2) is 27.3 Å². The number of nitrogens with one attached hydrogen (secondary N) is 1. The molecule has 0 spiro atoms. The van der Waals surface area contributed by atoms with Crippen LogP contribution in [0, 0.1) is 0 Å². The molecule has 2 heterocycles. The average Bonchev–Trinajstić information content (AvgIpc) is 3.08. The summed E-state index contributed by atoms with van der Waals surface area (Å²) in [6.07, 6.45) is 5.75. The van der Waals surface area contributed by atoms with E-state index >= 15 is 0 Å². The Morgan fingerprint density at radius 1 is 1.45 bits per heavy atom. The van der Waals surface area contributed by atoms with Crippen molar-refractivity contribution in [3.8, 4) is 0 Å². The van der Waals surface area contributed by atoms with E-state index < -0.39 is 0 Å². The van der Waals surface area contributed by atoms with Crippen LogP contribution in [0.4, 0.5) is 0 Å². The van der Waals surface area contributed by atoms with Crippen molar-refractivity contribution in [3.05, 3.63) is 41.1 Å². The summed E-state index contributed by atoms with van der Waals surface area (Å²) in [6.45, 7) is 2.60. The highest BCUT2D eigenvalue weighted by molar-refractivity contribution is 7.12. The first-order valence-corrected chi connectivity index (χ1v) is 7.35. The average molecular weight is 291 g/mol. The van der Waals surface area contributed by atoms with Crippen LogP contribution in [0.15, 0.2) is 36.2 Å². The molecule has 0 bridgehead atoms. The molecule has 0 aromatic carbocycles. The standard InChI is InChI=1S/C14H17N3O2S/c1-11(9-17-7-6-15-10-17)16-14(19)5-4-12(18)13-3-2-8-20-13/h2-3,6-8,10-11H,4-5,9H2,1H3,(H,16,19). The minimum absolute atomic E-state index is 0.00791. The summed E-state index contributed by atoms with van der Waals surface area (Å²) in [7, 11) is 0. The van der Waals surface area contributed by atoms with Crippen molar-refractivity contribution in [3.63, 3.8) is 0 Å². The van der Waals surface area contributed by atoms with Crippen LogP contribution < -0.4 is 5.32 Å². The molecule has 0 radical (unpaired) electrons. The van der Waals surface area contributed by atoms with Crippen molar-refractivity contribution >= 4 is 23.0 Å². The second-order valence-electron chi connectivity index (χ2n) is 4.63. The molecule has 0 saturated heterocycles. The number of thiophene rings is 1. The van der Waals surface area contributed by atoms with Gasteiger partial charge in [0.15, 0.2) is 5.78 Å². The SMILES string of the molecule is CC(Cn1ccnc1)NC(=O)CCC(=O)c1cccs1. The van der Waals surface area contributed by atoms with E-state index in [1.807, 2.05) is 29.1 Å². The van der Waals surface area contributed by atoms with Gasteiger partial charge in [-0.3, -0.25) is 9.59 Å². The molecule has 0 aliphatic carbocycles. The topological polar surface area (TPSA) is 64.0 Å². The molecular weight excluding hydrogens is 274 g/mol. The Bertz CT molecular complexity index is 549. The van der Waals surface area contributed by atoms with E-state index in [1.165, 1.54) is 11.3 Å². The van der Waals surface area contributed by atoms with E-state index in [0.717, 1.165) is 0 Å². The van der Waals surface area contributed by atoms with Gasteiger partial charge in [0.05, 0.1) is 11.2 Å². The van der Waals surface area contributed by atoms with Crippen molar-refractivity contribution in [2.24, 2.45) is 0 Å². The van der Waals surface area contributed by atoms with Gasteiger partial charge < -0.3 is 9.88 Å². The van der Waals surface area contributed by atoms with Gasteiger partial charge in [-0.05, 0) is 18.4 Å². The quantitative estimate of drug-likeness (QED) is 0.795. The summed E-state index contributed by atoms with van der Waals surface area (Å²) in [5, 5.41) is 4.74. The van der Waals surface area contributed by atoms with Crippen LogP contribution in [0.3, 0.4) is 0 Å². The minimum atomic E-state index is -0.0949. The van der Waals surface area contributed by atoms with Gasteiger partial charge in [0.2, 0.25) is 5.91 Å². The maximum absolute atomic E-state index is 11.8. The number of rotatable bonds is 7. The van der Waals surface area contributed by atoms with Gasteiger partial charge in [-0.2, -0.15) is 0 Å². The van der Waals surface area contributed by atoms with Crippen LogP contribution in [0.5, 0.6) is 0 Å². The molecule has 0 aliphatic heterocycles. The zero-order valence-electron chi connectivity index (χ0n) is 11.3. The Morgan fingerprint density at radius 2 is 2.30 bits per heavy atom. The molecule has 20 heavy (non-hydrogen) atoms. The Balaban J connectivity index is 1.71. The lowest BCUT2D eigenvalue weighted by Crippen LogP contribution is -2.35. The van der Waals surface area contributed by atoms with Gasteiger partial charge >= 0.3 is 0 Å². The second kappa shape index (κ2) is 7.00. The normalized spacial score (nSPS) is 12.1. The summed E-state index contributed by atoms with van der Waals surface area (Å²) in [5.74, 6) is -0.0695. The summed E-state index contributed by atoms with van der Waals surface area (Å²) in [6, 6.07) is 3.63. The maximum atomic E-state index is 11.8. The molecule has 1 amide bonds. The highest BCUT2D eigenvalue weighted by Gasteiger charge is 2.12. The van der Waals surface area contributed by atoms with Crippen molar-refractivity contribution in [2.75, 3.05) is 0 Å². The summed E-state index contributed by atoms with van der Waals surface area (Å²) >= 11 is 1.41. The fourth-order valence-electron chi connectivity index (χ4n) is 1.89. The van der Waals surface area contributed by atoms with Crippen molar-refractivity contribution in [1.29, 1.82) is 0 Å². The van der Waals surface area contributed by atoms with Crippen molar-refractivity contribution < 1.29 is 9.59 Å². The first-order chi connectivity index (χ1) is 9.65. The lowest BCUT2D eigenvalue weighted by atomic mass is 10.2. The lowest BCUT2D eigenvalue weighted by Gasteiger charge is -2.14. The molecule has 6 heteroatoms. The number of Topliss-reactive ketones (excluding diaryl/α,β-unsaturated/α-hetero) is 1. The molecule has 1 atom stereocenters. The van der Waals surface area contributed by atoms with Crippen LogP contribution >= 0.6 is 11.3 Å². The molecule has 1 unspecified atom stereocenters. The number of carbonyl (C=O) groups is 2. The second-order valence-corrected chi connectivity index (χ2v) is 5.58. The third-order valence-electron chi connectivity index (χ3n) is 2.83. The fraction of sp³-hybridized carbons (Fsp3) is 0.357. The minimum Gasteiger partial charge on any atom is -0.352 e. The Kier molecular flexibility index (Phi) is 5.06. The number of ketones is 1. The highest BCUT2D eigenvalue weighted by Crippen LogP contribution is 2.12. The van der Waals surface area contributed by atoms with E-state index in [9.17, 15) is 9.59 Å². The summed E-state index contributed by atoms with van der Waals surface area (Å²) in [4.78, 5) is 28.2. The van der Waals surface area contributed by atoms with Gasteiger partial charge in [-0.25, -0.2) is 4.98 Å². The molecule has 2 aromatic rings. The Morgan fingerprint density at radius 3 is 2.95 bits per heavy atom. The number of hydrogen-bond acceptors (Lipinski definition) is 4. The Labute approximate surface area is 121 Å². The monoisotopic (exact) mass is 291 g/mol. The molecular formula is C14H17N3O2S. The lowest BCUT2D eigenvalue weighted by molar-refractivity contribution is -0.121. The summed E-state index contributed by atoms with van der Waals surface area (Å²) < 4.78 is 1.90. The largest absolute Gasteiger partial charge is 0.352 e. The van der Waals surface area contributed by atoms with Gasteiger partial charge in [0.1, 0.15) is 0 Å². The predicted molar refractivity (Wildman–Crippen MR) is 77.7 cm³/mol. The number of hydrogen-bond donors (Lipinski definition) is 1. The molecule has 106 valence electrons. The molecule has 1 N–H and O–H groups in total. The third kappa shape index (κ3) is 4.31. The van der Waals surface area contributed by atoms with Gasteiger partial charge in [0.25, 0.3) is 0 Å². The molecule has 2 rings (SSSR count). The number of nitrogens with zero attached hydrogens (tertiary/aromatic N) is 2. The third-order valence-corrected chi connectivity index (χ3v) is 3.74. The zero-order valence-corrected chi connectivity index (χ0v) is 12.1. The van der Waals surface area contributed by atoms with Crippen LogP contribution in [0.1, 0.15) is 29.4 Å². The maximum Gasteiger partial charge on any atom is 0.220 e.